The van der Waals surface area contributed by atoms with E-state index in [0.717, 1.165) is 35.0 Å². The number of aromatic amines is 1. The molecule has 1 amide bonds. The Bertz CT molecular complexity index is 1610. The smallest absolute Gasteiger partial charge is 0.273 e. The summed E-state index contributed by atoms with van der Waals surface area (Å²) in [5, 5.41) is 14.0. The Morgan fingerprint density at radius 1 is 1.05 bits per heavy atom. The Labute approximate surface area is 226 Å². The molecule has 1 unspecified atom stereocenters. The van der Waals surface area contributed by atoms with Crippen LogP contribution in [-0.4, -0.2) is 30.5 Å². The summed E-state index contributed by atoms with van der Waals surface area (Å²) in [4.78, 5) is 38.6. The Balaban J connectivity index is 1.38. The largest absolute Gasteiger partial charge is 0.389 e. The Morgan fingerprint density at radius 2 is 1.90 bits per heavy atom. The van der Waals surface area contributed by atoms with Crippen molar-refractivity contribution in [2.75, 3.05) is 0 Å². The number of carbonyl (C=O) groups excluding carboxylic acids is 1. The van der Waals surface area contributed by atoms with Crippen molar-refractivity contribution < 1.29 is 9.90 Å². The molecule has 2 aromatic carbocycles. The van der Waals surface area contributed by atoms with Crippen LogP contribution in [0.15, 0.2) is 90.1 Å². The molecular formula is C31H31N5O3. The van der Waals surface area contributed by atoms with Crippen molar-refractivity contribution in [3.8, 4) is 11.3 Å². The second kappa shape index (κ2) is 11.9. The maximum absolute atomic E-state index is 13.6. The van der Waals surface area contributed by atoms with Crippen LogP contribution in [0.4, 0.5) is 0 Å². The number of rotatable bonds is 10. The fourth-order valence-corrected chi connectivity index (χ4v) is 4.67. The fourth-order valence-electron chi connectivity index (χ4n) is 4.67. The van der Waals surface area contributed by atoms with Crippen LogP contribution in [0, 0.1) is 0 Å². The third-order valence-electron chi connectivity index (χ3n) is 6.77. The van der Waals surface area contributed by atoms with Crippen LogP contribution in [0.5, 0.6) is 0 Å². The van der Waals surface area contributed by atoms with Gasteiger partial charge in [-0.25, -0.2) is 0 Å². The summed E-state index contributed by atoms with van der Waals surface area (Å²) in [5.41, 5.74) is 5.10. The van der Waals surface area contributed by atoms with Crippen LogP contribution < -0.4 is 10.9 Å². The zero-order valence-corrected chi connectivity index (χ0v) is 21.8. The number of aliphatic hydroxyl groups is 1. The fraction of sp³-hybridized carbons (Fsp3) is 0.226. The number of fused-ring (bicyclic) bond motifs is 1. The lowest BCUT2D eigenvalue weighted by Gasteiger charge is -2.15. The molecule has 0 fully saturated rings. The number of aromatic nitrogens is 4. The number of nitrogens with one attached hydrogen (secondary N) is 2. The summed E-state index contributed by atoms with van der Waals surface area (Å²) in [6, 6.07) is 21.3. The first-order valence-electron chi connectivity index (χ1n) is 13.1. The standard InChI is InChI=1S/C31H31N5O3/c1-21(37)23-10-6-11-24(15-23)29-19-33-28(12-5-9-22-7-3-2-4-8-22)31(39)36(29)20-30(38)34-18-26-16-25-17-32-14-13-27(25)35-26/h2-4,6-8,10-11,13-17,19,21,35,37H,5,9,12,18,20H2,1H3,(H,34,38). The number of benzene rings is 2. The first-order valence-corrected chi connectivity index (χ1v) is 13.1. The highest BCUT2D eigenvalue weighted by Gasteiger charge is 2.16. The highest BCUT2D eigenvalue weighted by atomic mass is 16.3. The number of aliphatic hydroxyl groups excluding tert-OH is 1. The maximum Gasteiger partial charge on any atom is 0.273 e. The van der Waals surface area contributed by atoms with E-state index in [-0.39, 0.29) is 18.0 Å². The number of H-pyrrole nitrogens is 1. The monoisotopic (exact) mass is 521 g/mol. The molecule has 0 saturated carbocycles. The second-order valence-corrected chi connectivity index (χ2v) is 9.66. The number of amides is 1. The summed E-state index contributed by atoms with van der Waals surface area (Å²) in [6.45, 7) is 1.83. The minimum atomic E-state index is -0.662. The number of nitrogens with zero attached hydrogens (tertiary/aromatic N) is 3. The number of hydrogen-bond acceptors (Lipinski definition) is 5. The van der Waals surface area contributed by atoms with Crippen molar-refractivity contribution >= 4 is 16.8 Å². The quantitative estimate of drug-likeness (QED) is 0.253. The van der Waals surface area contributed by atoms with Gasteiger partial charge in [-0.1, -0.05) is 48.5 Å². The topological polar surface area (TPSA) is 113 Å². The summed E-state index contributed by atoms with van der Waals surface area (Å²) in [5.74, 6) is -0.289. The minimum Gasteiger partial charge on any atom is -0.389 e. The lowest BCUT2D eigenvalue weighted by atomic mass is 10.0. The van der Waals surface area contributed by atoms with Crippen molar-refractivity contribution in [3.05, 3.63) is 118 Å². The Morgan fingerprint density at radius 3 is 2.69 bits per heavy atom. The first kappa shape index (κ1) is 26.1. The molecule has 0 saturated heterocycles. The number of carbonyl (C=O) groups is 1. The average Bonchev–Trinajstić information content (AvgIpc) is 3.38. The van der Waals surface area contributed by atoms with E-state index in [1.54, 1.807) is 25.5 Å². The van der Waals surface area contributed by atoms with Gasteiger partial charge in [0.25, 0.3) is 5.56 Å². The molecule has 3 heterocycles. The molecule has 1 atom stereocenters. The molecule has 5 aromatic rings. The van der Waals surface area contributed by atoms with Crippen LogP contribution in [-0.2, 0) is 30.7 Å². The molecule has 0 radical (unpaired) electrons. The van der Waals surface area contributed by atoms with E-state index in [0.29, 0.717) is 29.9 Å². The summed E-state index contributed by atoms with van der Waals surface area (Å²) >= 11 is 0. The number of hydrogen-bond donors (Lipinski definition) is 3. The maximum atomic E-state index is 13.6. The highest BCUT2D eigenvalue weighted by Crippen LogP contribution is 2.22. The molecule has 0 spiro atoms. The van der Waals surface area contributed by atoms with E-state index in [4.69, 9.17) is 0 Å². The predicted octanol–water partition coefficient (Wildman–Crippen LogP) is 4.33. The van der Waals surface area contributed by atoms with Gasteiger partial charge in [-0.05, 0) is 55.5 Å². The van der Waals surface area contributed by atoms with Crippen molar-refractivity contribution in [2.24, 2.45) is 0 Å². The molecule has 0 aliphatic rings. The number of aryl methyl sites for hydroxylation is 2. The van der Waals surface area contributed by atoms with Crippen LogP contribution in [0.3, 0.4) is 0 Å². The lowest BCUT2D eigenvalue weighted by Crippen LogP contribution is -2.34. The molecule has 3 aromatic heterocycles. The second-order valence-electron chi connectivity index (χ2n) is 9.66. The van der Waals surface area contributed by atoms with Gasteiger partial charge in [0.05, 0.1) is 24.5 Å². The van der Waals surface area contributed by atoms with Gasteiger partial charge in [0, 0.05) is 34.6 Å². The Hall–Kier alpha value is -4.56. The molecule has 198 valence electrons. The van der Waals surface area contributed by atoms with Gasteiger partial charge in [-0.2, -0.15) is 0 Å². The first-order chi connectivity index (χ1) is 19.0. The van der Waals surface area contributed by atoms with Gasteiger partial charge in [0.15, 0.2) is 0 Å². The molecule has 39 heavy (non-hydrogen) atoms. The van der Waals surface area contributed by atoms with Gasteiger partial charge in [0.2, 0.25) is 5.91 Å². The van der Waals surface area contributed by atoms with Gasteiger partial charge >= 0.3 is 0 Å². The molecule has 5 rings (SSSR count). The van der Waals surface area contributed by atoms with Gasteiger partial charge in [-0.15, -0.1) is 0 Å². The van der Waals surface area contributed by atoms with Crippen molar-refractivity contribution in [2.45, 2.75) is 45.4 Å². The van der Waals surface area contributed by atoms with Crippen molar-refractivity contribution in [3.63, 3.8) is 0 Å². The van der Waals surface area contributed by atoms with E-state index in [2.05, 4.69) is 32.4 Å². The van der Waals surface area contributed by atoms with E-state index >= 15 is 0 Å². The van der Waals surface area contributed by atoms with E-state index in [1.165, 1.54) is 10.1 Å². The van der Waals surface area contributed by atoms with Gasteiger partial charge < -0.3 is 15.4 Å². The van der Waals surface area contributed by atoms with Crippen LogP contribution in [0.2, 0.25) is 0 Å². The third-order valence-corrected chi connectivity index (χ3v) is 6.77. The minimum absolute atomic E-state index is 0.150. The molecule has 8 nitrogen and oxygen atoms in total. The number of pyridine rings is 1. The molecule has 0 aliphatic heterocycles. The van der Waals surface area contributed by atoms with E-state index < -0.39 is 6.10 Å². The summed E-state index contributed by atoms with van der Waals surface area (Å²) in [7, 11) is 0. The van der Waals surface area contributed by atoms with E-state index in [9.17, 15) is 14.7 Å². The lowest BCUT2D eigenvalue weighted by molar-refractivity contribution is -0.121. The predicted molar refractivity (Wildman–Crippen MR) is 151 cm³/mol. The zero-order chi connectivity index (χ0) is 27.2. The molecular weight excluding hydrogens is 490 g/mol. The molecule has 0 aliphatic carbocycles. The summed E-state index contributed by atoms with van der Waals surface area (Å²) < 4.78 is 1.48. The van der Waals surface area contributed by atoms with Gasteiger partial charge in [0.1, 0.15) is 12.2 Å². The third kappa shape index (κ3) is 6.30. The zero-order valence-electron chi connectivity index (χ0n) is 21.8. The highest BCUT2D eigenvalue weighted by molar-refractivity contribution is 5.80. The van der Waals surface area contributed by atoms with E-state index in [1.807, 2.05) is 54.6 Å². The Kier molecular flexibility index (Phi) is 7.94. The normalized spacial score (nSPS) is 11.9. The van der Waals surface area contributed by atoms with Crippen LogP contribution >= 0.6 is 0 Å². The molecule has 3 N–H and O–H groups in total. The SMILES string of the molecule is CC(O)c1cccc(-c2cnc(CCCc3ccccc3)c(=O)n2CC(=O)NCc2cc3cnccc3[nH]2)c1. The van der Waals surface area contributed by atoms with Crippen LogP contribution in [0.1, 0.15) is 42.0 Å². The molecule has 0 bridgehead atoms. The average molecular weight is 522 g/mol. The summed E-state index contributed by atoms with van der Waals surface area (Å²) in [6.07, 6.45) is 6.57. The van der Waals surface area contributed by atoms with Crippen molar-refractivity contribution in [1.82, 2.24) is 24.8 Å². The van der Waals surface area contributed by atoms with Crippen LogP contribution in [0.25, 0.3) is 22.2 Å². The molecule has 8 heteroatoms. The van der Waals surface area contributed by atoms with Crippen molar-refractivity contribution in [1.29, 1.82) is 0 Å². The van der Waals surface area contributed by atoms with Gasteiger partial charge in [-0.3, -0.25) is 24.1 Å².